The maximum Gasteiger partial charge on any atom is 0.245 e. The largest absolute Gasteiger partial charge is 0.381 e. The molecule has 9 heteroatoms. The van der Waals surface area contributed by atoms with Gasteiger partial charge in [-0.15, -0.1) is 5.10 Å². The van der Waals surface area contributed by atoms with Crippen molar-refractivity contribution in [1.82, 2.24) is 29.4 Å². The van der Waals surface area contributed by atoms with Crippen LogP contribution in [0.3, 0.4) is 0 Å². The van der Waals surface area contributed by atoms with Crippen LogP contribution in [0.15, 0.2) is 36.8 Å². The minimum atomic E-state index is 0.611. The van der Waals surface area contributed by atoms with Crippen molar-refractivity contribution in [1.29, 1.82) is 0 Å². The monoisotopic (exact) mass is 391 g/mol. The quantitative estimate of drug-likeness (QED) is 0.521. The summed E-state index contributed by atoms with van der Waals surface area (Å²) in [5.74, 6) is 1.35. The molecule has 0 N–H and O–H groups in total. The topological polar surface area (TPSA) is 82.6 Å². The number of anilines is 1. The Morgan fingerprint density at radius 3 is 2.79 bits per heavy atom. The molecule has 9 nitrogen and oxygen atoms in total. The summed E-state index contributed by atoms with van der Waals surface area (Å²) in [6.45, 7) is 4.74. The predicted octanol–water partition coefficient (Wildman–Crippen LogP) is 1.49. The normalized spacial score (nSPS) is 17.9. The maximum atomic E-state index is 5.41. The molecule has 2 aliphatic rings. The highest BCUT2D eigenvalue weighted by Gasteiger charge is 2.20. The summed E-state index contributed by atoms with van der Waals surface area (Å²) in [7, 11) is 0. The van der Waals surface area contributed by atoms with Crippen molar-refractivity contribution in [3.05, 3.63) is 42.4 Å². The van der Waals surface area contributed by atoms with Gasteiger partial charge in [0.05, 0.1) is 44.5 Å². The molecular formula is C20H21N7O2. The lowest BCUT2D eigenvalue weighted by Crippen LogP contribution is -2.36. The molecule has 6 rings (SSSR count). The van der Waals surface area contributed by atoms with Crippen LogP contribution in [0.4, 0.5) is 5.95 Å². The second kappa shape index (κ2) is 6.78. The van der Waals surface area contributed by atoms with E-state index in [4.69, 9.17) is 9.47 Å². The zero-order chi connectivity index (χ0) is 19.2. The van der Waals surface area contributed by atoms with E-state index >= 15 is 0 Å². The van der Waals surface area contributed by atoms with Gasteiger partial charge in [0.2, 0.25) is 5.95 Å². The van der Waals surface area contributed by atoms with Crippen molar-refractivity contribution >= 4 is 22.6 Å². The molecule has 0 aliphatic carbocycles. The van der Waals surface area contributed by atoms with Gasteiger partial charge < -0.3 is 14.4 Å². The first-order chi connectivity index (χ1) is 14.3. The van der Waals surface area contributed by atoms with Crippen molar-refractivity contribution in [2.24, 2.45) is 5.92 Å². The number of fused-ring (bicyclic) bond motifs is 2. The molecule has 6 heterocycles. The summed E-state index contributed by atoms with van der Waals surface area (Å²) in [6, 6.07) is 6.14. The van der Waals surface area contributed by atoms with Crippen molar-refractivity contribution in [3.8, 4) is 5.69 Å². The Bertz CT molecular complexity index is 1170. The third-order valence-corrected chi connectivity index (χ3v) is 5.54. The Kier molecular flexibility index (Phi) is 3.95. The third kappa shape index (κ3) is 3.02. The van der Waals surface area contributed by atoms with Crippen LogP contribution in [-0.2, 0) is 15.9 Å². The molecule has 4 aromatic rings. The van der Waals surface area contributed by atoms with Crippen molar-refractivity contribution in [3.63, 3.8) is 0 Å². The SMILES string of the molecule is c1nc2c(cnn2-c2ccc3nc(N4CCOCC4)nn3c2)cc1CC1COC1. The molecule has 0 spiro atoms. The summed E-state index contributed by atoms with van der Waals surface area (Å²) >= 11 is 0. The summed E-state index contributed by atoms with van der Waals surface area (Å²) in [5.41, 5.74) is 3.78. The van der Waals surface area contributed by atoms with Crippen molar-refractivity contribution < 1.29 is 9.47 Å². The fourth-order valence-corrected chi connectivity index (χ4v) is 3.89. The summed E-state index contributed by atoms with van der Waals surface area (Å²) in [4.78, 5) is 11.5. The van der Waals surface area contributed by atoms with Gasteiger partial charge in [-0.05, 0) is 30.2 Å². The van der Waals surface area contributed by atoms with Gasteiger partial charge in [-0.1, -0.05) is 0 Å². The highest BCUT2D eigenvalue weighted by atomic mass is 16.5. The molecule has 2 fully saturated rings. The number of rotatable bonds is 4. The Labute approximate surface area is 166 Å². The molecule has 0 unspecified atom stereocenters. The number of hydrogen-bond donors (Lipinski definition) is 0. The maximum absolute atomic E-state index is 5.41. The van der Waals surface area contributed by atoms with Crippen LogP contribution in [0.25, 0.3) is 22.4 Å². The summed E-state index contributed by atoms with van der Waals surface area (Å²) in [6.07, 6.45) is 6.76. The van der Waals surface area contributed by atoms with Crippen molar-refractivity contribution in [2.45, 2.75) is 6.42 Å². The van der Waals surface area contributed by atoms with E-state index in [9.17, 15) is 0 Å². The van der Waals surface area contributed by atoms with Crippen LogP contribution in [0.1, 0.15) is 5.56 Å². The van der Waals surface area contributed by atoms with Crippen LogP contribution in [0, 0.1) is 5.92 Å². The van der Waals surface area contributed by atoms with Crippen LogP contribution < -0.4 is 4.90 Å². The van der Waals surface area contributed by atoms with E-state index in [1.54, 1.807) is 4.52 Å². The van der Waals surface area contributed by atoms with E-state index in [0.29, 0.717) is 19.1 Å². The van der Waals surface area contributed by atoms with Crippen molar-refractivity contribution in [2.75, 3.05) is 44.4 Å². The Morgan fingerprint density at radius 2 is 1.97 bits per heavy atom. The Hall–Kier alpha value is -3.04. The van der Waals surface area contributed by atoms with Gasteiger partial charge in [0, 0.05) is 30.6 Å². The lowest BCUT2D eigenvalue weighted by Gasteiger charge is -2.25. The molecular weight excluding hydrogens is 370 g/mol. The molecule has 2 saturated heterocycles. The second-order valence-corrected chi connectivity index (χ2v) is 7.62. The Balaban J connectivity index is 1.32. The predicted molar refractivity (Wildman–Crippen MR) is 106 cm³/mol. The smallest absolute Gasteiger partial charge is 0.245 e. The zero-order valence-electron chi connectivity index (χ0n) is 15.9. The number of nitrogens with zero attached hydrogens (tertiary/aromatic N) is 7. The number of morpholine rings is 1. The van der Waals surface area contributed by atoms with Crippen LogP contribution in [-0.4, -0.2) is 68.9 Å². The standard InChI is InChI=1S/C20H21N7O2/c1-2-18-23-20(25-3-5-28-6-4-25)24-26(18)11-17(1)27-19-16(10-22-27)8-14(9-21-19)7-15-12-29-13-15/h1-2,8-11,15H,3-7,12-13H2. The molecule has 2 aliphatic heterocycles. The van der Waals surface area contributed by atoms with Crippen LogP contribution in [0.5, 0.6) is 0 Å². The van der Waals surface area contributed by atoms with E-state index in [2.05, 4.69) is 31.1 Å². The first-order valence-corrected chi connectivity index (χ1v) is 9.93. The first-order valence-electron chi connectivity index (χ1n) is 9.93. The highest BCUT2D eigenvalue weighted by Crippen LogP contribution is 2.22. The number of ether oxygens (including phenoxy) is 2. The number of aromatic nitrogens is 6. The molecule has 0 amide bonds. The molecule has 0 radical (unpaired) electrons. The van der Waals surface area contributed by atoms with Gasteiger partial charge in [-0.25, -0.2) is 14.2 Å². The third-order valence-electron chi connectivity index (χ3n) is 5.54. The lowest BCUT2D eigenvalue weighted by molar-refractivity contribution is -0.0312. The van der Waals surface area contributed by atoms with E-state index in [-0.39, 0.29) is 0 Å². The number of hydrogen-bond acceptors (Lipinski definition) is 7. The van der Waals surface area contributed by atoms with Gasteiger partial charge in [0.1, 0.15) is 0 Å². The second-order valence-electron chi connectivity index (χ2n) is 7.62. The minimum absolute atomic E-state index is 0.611. The fourth-order valence-electron chi connectivity index (χ4n) is 3.89. The first kappa shape index (κ1) is 16.9. The molecule has 0 atom stereocenters. The Morgan fingerprint density at radius 1 is 1.07 bits per heavy atom. The van der Waals surface area contributed by atoms with Gasteiger partial charge in [-0.2, -0.15) is 10.1 Å². The van der Waals surface area contributed by atoms with E-state index < -0.39 is 0 Å². The van der Waals surface area contributed by atoms with Gasteiger partial charge in [-0.3, -0.25) is 0 Å². The highest BCUT2D eigenvalue weighted by molar-refractivity contribution is 5.76. The van der Waals surface area contributed by atoms with Gasteiger partial charge >= 0.3 is 0 Å². The molecule has 0 aromatic carbocycles. The average Bonchev–Trinajstić information content (AvgIpc) is 3.34. The molecule has 0 bridgehead atoms. The molecule has 0 saturated carbocycles. The van der Waals surface area contributed by atoms with E-state index in [0.717, 1.165) is 61.0 Å². The van der Waals surface area contributed by atoms with Gasteiger partial charge in [0.15, 0.2) is 11.3 Å². The molecule has 4 aromatic heterocycles. The average molecular weight is 391 g/mol. The van der Waals surface area contributed by atoms with E-state index in [1.807, 2.05) is 35.4 Å². The molecule has 148 valence electrons. The van der Waals surface area contributed by atoms with Gasteiger partial charge in [0.25, 0.3) is 0 Å². The summed E-state index contributed by atoms with van der Waals surface area (Å²) < 4.78 is 14.3. The lowest BCUT2D eigenvalue weighted by atomic mass is 9.99. The number of pyridine rings is 2. The summed E-state index contributed by atoms with van der Waals surface area (Å²) in [5, 5.41) is 10.3. The fraction of sp³-hybridized carbons (Fsp3) is 0.400. The zero-order valence-corrected chi connectivity index (χ0v) is 15.9. The van der Waals surface area contributed by atoms with Crippen LogP contribution in [0.2, 0.25) is 0 Å². The minimum Gasteiger partial charge on any atom is -0.381 e. The molecule has 29 heavy (non-hydrogen) atoms. The van der Waals surface area contributed by atoms with Crippen LogP contribution >= 0.6 is 0 Å². The van der Waals surface area contributed by atoms with E-state index in [1.165, 1.54) is 5.56 Å².